The van der Waals surface area contributed by atoms with Crippen molar-refractivity contribution in [3.63, 3.8) is 0 Å². The predicted octanol–water partition coefficient (Wildman–Crippen LogP) is 3.18. The zero-order valence-electron chi connectivity index (χ0n) is 15.0. The predicted molar refractivity (Wildman–Crippen MR) is 106 cm³/mol. The molecular formula is C19H23N3O3S. The lowest BCUT2D eigenvalue weighted by atomic mass is 10.2. The van der Waals surface area contributed by atoms with Gasteiger partial charge >= 0.3 is 0 Å². The summed E-state index contributed by atoms with van der Waals surface area (Å²) < 4.78 is 11.0. The highest BCUT2D eigenvalue weighted by molar-refractivity contribution is 7.80. The first-order chi connectivity index (χ1) is 12.5. The lowest BCUT2D eigenvalue weighted by molar-refractivity contribution is -0.127. The van der Waals surface area contributed by atoms with Crippen molar-refractivity contribution in [1.29, 1.82) is 0 Å². The van der Waals surface area contributed by atoms with Crippen LogP contribution in [0.2, 0.25) is 0 Å². The Morgan fingerprint density at radius 3 is 2.46 bits per heavy atom. The van der Waals surface area contributed by atoms with Crippen molar-refractivity contribution in [2.75, 3.05) is 11.9 Å². The molecule has 0 bridgehead atoms. The number of hydrogen-bond donors (Lipinski definition) is 3. The van der Waals surface area contributed by atoms with Crippen LogP contribution in [0.1, 0.15) is 19.4 Å². The average molecular weight is 373 g/mol. The van der Waals surface area contributed by atoms with Gasteiger partial charge in [-0.25, -0.2) is 0 Å². The van der Waals surface area contributed by atoms with Gasteiger partial charge in [0.1, 0.15) is 11.5 Å². The molecule has 0 aliphatic rings. The third kappa shape index (κ3) is 6.25. The first kappa shape index (κ1) is 19.5. The number of rotatable bonds is 6. The minimum Gasteiger partial charge on any atom is -0.494 e. The number of carbonyl (C=O) groups is 1. The van der Waals surface area contributed by atoms with Gasteiger partial charge in [0, 0.05) is 5.69 Å². The minimum atomic E-state index is -0.692. The Hall–Kier alpha value is -2.80. The molecule has 0 saturated heterocycles. The van der Waals surface area contributed by atoms with Crippen LogP contribution in [0.5, 0.6) is 11.5 Å². The third-order valence-corrected chi connectivity index (χ3v) is 3.60. The number of aryl methyl sites for hydroxylation is 1. The number of hydrogen-bond acceptors (Lipinski definition) is 4. The van der Waals surface area contributed by atoms with Crippen molar-refractivity contribution in [2.45, 2.75) is 26.9 Å². The number of hydrazine groups is 1. The summed E-state index contributed by atoms with van der Waals surface area (Å²) >= 11 is 5.16. The Labute approximate surface area is 158 Å². The molecule has 3 N–H and O–H groups in total. The zero-order valence-corrected chi connectivity index (χ0v) is 15.9. The molecule has 1 amide bonds. The quantitative estimate of drug-likeness (QED) is 0.534. The smallest absolute Gasteiger partial charge is 0.279 e. The van der Waals surface area contributed by atoms with Crippen LogP contribution in [0.25, 0.3) is 0 Å². The topological polar surface area (TPSA) is 71.6 Å². The van der Waals surface area contributed by atoms with Crippen molar-refractivity contribution in [1.82, 2.24) is 10.9 Å². The van der Waals surface area contributed by atoms with Gasteiger partial charge < -0.3 is 14.8 Å². The van der Waals surface area contributed by atoms with Gasteiger partial charge in [0.25, 0.3) is 5.91 Å². The molecule has 0 aliphatic heterocycles. The molecule has 0 aliphatic carbocycles. The Morgan fingerprint density at radius 1 is 1.12 bits per heavy atom. The van der Waals surface area contributed by atoms with Crippen LogP contribution in [0.3, 0.4) is 0 Å². The van der Waals surface area contributed by atoms with E-state index in [2.05, 4.69) is 16.2 Å². The van der Waals surface area contributed by atoms with Gasteiger partial charge in [0.15, 0.2) is 11.2 Å². The maximum Gasteiger partial charge on any atom is 0.279 e. The monoisotopic (exact) mass is 373 g/mol. The highest BCUT2D eigenvalue weighted by atomic mass is 32.1. The van der Waals surface area contributed by atoms with Crippen LogP contribution in [0.15, 0.2) is 48.5 Å². The number of ether oxygens (including phenoxy) is 2. The average Bonchev–Trinajstić information content (AvgIpc) is 2.61. The van der Waals surface area contributed by atoms with Crippen LogP contribution >= 0.6 is 12.2 Å². The summed E-state index contributed by atoms with van der Waals surface area (Å²) in [6.07, 6.45) is -0.692. The fourth-order valence-electron chi connectivity index (χ4n) is 2.14. The van der Waals surface area contributed by atoms with Crippen molar-refractivity contribution >= 4 is 28.9 Å². The molecule has 0 spiro atoms. The van der Waals surface area contributed by atoms with Crippen LogP contribution in [-0.4, -0.2) is 23.7 Å². The number of amides is 1. The molecule has 0 radical (unpaired) electrons. The summed E-state index contributed by atoms with van der Waals surface area (Å²) in [7, 11) is 0. The molecule has 6 nitrogen and oxygen atoms in total. The van der Waals surface area contributed by atoms with E-state index in [-0.39, 0.29) is 11.0 Å². The summed E-state index contributed by atoms with van der Waals surface area (Å²) in [6.45, 7) is 6.16. The Balaban J connectivity index is 1.78. The van der Waals surface area contributed by atoms with Crippen molar-refractivity contribution < 1.29 is 14.3 Å². The summed E-state index contributed by atoms with van der Waals surface area (Å²) in [5, 5.41) is 3.28. The molecule has 0 heterocycles. The highest BCUT2D eigenvalue weighted by Gasteiger charge is 2.14. The maximum absolute atomic E-state index is 12.1. The maximum atomic E-state index is 12.1. The third-order valence-electron chi connectivity index (χ3n) is 3.39. The van der Waals surface area contributed by atoms with Crippen LogP contribution < -0.4 is 25.6 Å². The summed E-state index contributed by atoms with van der Waals surface area (Å²) in [6, 6.07) is 14.9. The molecule has 7 heteroatoms. The number of benzene rings is 2. The van der Waals surface area contributed by atoms with Gasteiger partial charge in [-0.1, -0.05) is 12.1 Å². The van der Waals surface area contributed by atoms with Crippen LogP contribution in [-0.2, 0) is 4.79 Å². The molecule has 0 aromatic heterocycles. The molecule has 1 atom stereocenters. The van der Waals surface area contributed by atoms with E-state index in [1.54, 1.807) is 31.2 Å². The molecule has 2 rings (SSSR count). The second-order valence-corrected chi connectivity index (χ2v) is 6.01. The lowest BCUT2D eigenvalue weighted by Crippen LogP contribution is -2.48. The summed E-state index contributed by atoms with van der Waals surface area (Å²) in [5.74, 6) is 0.995. The highest BCUT2D eigenvalue weighted by Crippen LogP contribution is 2.18. The fourth-order valence-corrected chi connectivity index (χ4v) is 2.31. The standard InChI is InChI=1S/C19H23N3O3S/c1-4-24-16-8-10-17(11-9-16)25-14(3)18(23)21-22-19(26)20-15-7-5-6-13(2)12-15/h5-12,14H,4H2,1-3H3,(H,21,23)(H2,20,22,26)/t14-/m1/s1. The van der Waals surface area contributed by atoms with E-state index in [0.717, 1.165) is 17.0 Å². The van der Waals surface area contributed by atoms with Crippen molar-refractivity contribution in [2.24, 2.45) is 0 Å². The second-order valence-electron chi connectivity index (χ2n) is 5.60. The van der Waals surface area contributed by atoms with Gasteiger partial charge in [0.05, 0.1) is 6.61 Å². The zero-order chi connectivity index (χ0) is 18.9. The van der Waals surface area contributed by atoms with Crippen molar-refractivity contribution in [3.05, 3.63) is 54.1 Å². The number of anilines is 1. The second kappa shape index (κ2) is 9.62. The summed E-state index contributed by atoms with van der Waals surface area (Å²) in [5.41, 5.74) is 7.14. The first-order valence-corrected chi connectivity index (χ1v) is 8.71. The van der Waals surface area contributed by atoms with Gasteiger partial charge in [-0.15, -0.1) is 0 Å². The molecule has 2 aromatic carbocycles. The van der Waals surface area contributed by atoms with Crippen molar-refractivity contribution in [3.8, 4) is 11.5 Å². The SMILES string of the molecule is CCOc1ccc(O[C@H](C)C(=O)NNC(=S)Nc2cccc(C)c2)cc1. The van der Waals surface area contributed by atoms with Gasteiger partial charge in [-0.2, -0.15) is 0 Å². The minimum absolute atomic E-state index is 0.289. The molecule has 0 unspecified atom stereocenters. The number of nitrogens with one attached hydrogen (secondary N) is 3. The van der Waals surface area contributed by atoms with E-state index in [4.69, 9.17) is 21.7 Å². The largest absolute Gasteiger partial charge is 0.494 e. The fraction of sp³-hybridized carbons (Fsp3) is 0.263. The van der Waals surface area contributed by atoms with Crippen LogP contribution in [0.4, 0.5) is 5.69 Å². The van der Waals surface area contributed by atoms with Gasteiger partial charge in [0.2, 0.25) is 0 Å². The number of thiocarbonyl (C=S) groups is 1. The lowest BCUT2D eigenvalue weighted by Gasteiger charge is -2.17. The molecule has 0 saturated carbocycles. The normalized spacial score (nSPS) is 11.2. The van der Waals surface area contributed by atoms with Gasteiger partial charge in [-0.05, 0) is 75.0 Å². The summed E-state index contributed by atoms with van der Waals surface area (Å²) in [4.78, 5) is 12.1. The molecular weight excluding hydrogens is 350 g/mol. The first-order valence-electron chi connectivity index (χ1n) is 8.31. The van der Waals surface area contributed by atoms with Gasteiger partial charge in [-0.3, -0.25) is 15.6 Å². The van der Waals surface area contributed by atoms with Crippen LogP contribution in [0, 0.1) is 6.92 Å². The number of carbonyl (C=O) groups excluding carboxylic acids is 1. The van der Waals surface area contributed by atoms with E-state index in [9.17, 15) is 4.79 Å². The van der Waals surface area contributed by atoms with E-state index in [1.807, 2.05) is 38.1 Å². The molecule has 0 fully saturated rings. The Bertz CT molecular complexity index is 750. The van der Waals surface area contributed by atoms with E-state index < -0.39 is 6.10 Å². The Kier molecular flexibility index (Phi) is 7.23. The van der Waals surface area contributed by atoms with E-state index in [1.165, 1.54) is 0 Å². The molecule has 138 valence electrons. The van der Waals surface area contributed by atoms with E-state index in [0.29, 0.717) is 12.4 Å². The molecule has 2 aromatic rings. The molecule has 26 heavy (non-hydrogen) atoms. The van der Waals surface area contributed by atoms with E-state index >= 15 is 0 Å². The Morgan fingerprint density at radius 2 is 1.81 bits per heavy atom.